The summed E-state index contributed by atoms with van der Waals surface area (Å²) in [5.74, 6) is -0.0293. The molecule has 0 radical (unpaired) electrons. The highest BCUT2D eigenvalue weighted by Crippen LogP contribution is 2.40. The summed E-state index contributed by atoms with van der Waals surface area (Å²) in [6, 6.07) is 16.2. The van der Waals surface area contributed by atoms with E-state index in [-0.39, 0.29) is 17.4 Å². The van der Waals surface area contributed by atoms with Crippen molar-refractivity contribution < 1.29 is 25.2 Å². The molecule has 4 heterocycles. The summed E-state index contributed by atoms with van der Waals surface area (Å²) in [6.45, 7) is 2.58. The van der Waals surface area contributed by atoms with E-state index in [1.807, 2.05) is 35.0 Å². The maximum atomic E-state index is 11.8. The molecule has 2 aromatic carbocycles. The summed E-state index contributed by atoms with van der Waals surface area (Å²) in [7, 11) is 2.19. The first-order valence-corrected chi connectivity index (χ1v) is 20.9. The summed E-state index contributed by atoms with van der Waals surface area (Å²) in [5, 5.41) is 61.2. The molecule has 14 heteroatoms. The molecule has 290 valence electrons. The standard InChI is InChI=1S/C41H48N6O6S2/c1-46(26-10-12-27(13-11-26)53-40(51)41(52,35-8-3-20-54-35)36-9-4-21-55-36)18-5-19-47-39-31-7-2-6-28(31)25(22-32(39)44-45-47)23-42-24-34(49)29-14-16-33(48)38-30(29)15-17-37(50)43-38/h3-4,8-9,14-17,20-22,26-27,34,40,42,48-49,51-52H,2,5-7,10-13,18-19,23-24H2,1H3,(H,43,50)/t26?,27?,34-,40?/m0/s1. The maximum absolute atomic E-state index is 11.8. The number of phenols is 1. The molecule has 2 aliphatic carbocycles. The Morgan fingerprint density at radius 1 is 1.04 bits per heavy atom. The molecule has 0 amide bonds. The zero-order valence-corrected chi connectivity index (χ0v) is 32.5. The number of aromatic hydroxyl groups is 1. The van der Waals surface area contributed by atoms with Gasteiger partial charge in [-0.05, 0) is 128 Å². The van der Waals surface area contributed by atoms with Crippen LogP contribution in [0.2, 0.25) is 0 Å². The molecule has 0 spiro atoms. The van der Waals surface area contributed by atoms with Gasteiger partial charge in [0.1, 0.15) is 11.3 Å². The van der Waals surface area contributed by atoms with Gasteiger partial charge in [-0.2, -0.15) is 0 Å². The average molecular weight is 785 g/mol. The van der Waals surface area contributed by atoms with Crippen LogP contribution >= 0.6 is 22.7 Å². The lowest BCUT2D eigenvalue weighted by Gasteiger charge is -2.38. The number of thiophene rings is 2. The Bertz CT molecular complexity index is 2250. The van der Waals surface area contributed by atoms with Gasteiger partial charge < -0.3 is 40.4 Å². The van der Waals surface area contributed by atoms with Crippen LogP contribution in [0.3, 0.4) is 0 Å². The molecule has 1 fully saturated rings. The Morgan fingerprint density at radius 3 is 2.51 bits per heavy atom. The van der Waals surface area contributed by atoms with Crippen LogP contribution < -0.4 is 10.9 Å². The number of ether oxygens (including phenoxy) is 1. The van der Waals surface area contributed by atoms with Crippen molar-refractivity contribution in [3.63, 3.8) is 0 Å². The maximum Gasteiger partial charge on any atom is 0.248 e. The second-order valence-electron chi connectivity index (χ2n) is 14.9. The number of aromatic amines is 1. The van der Waals surface area contributed by atoms with Gasteiger partial charge in [0.15, 0.2) is 11.9 Å². The van der Waals surface area contributed by atoms with Gasteiger partial charge in [-0.3, -0.25) is 4.79 Å². The van der Waals surface area contributed by atoms with Crippen molar-refractivity contribution in [2.24, 2.45) is 0 Å². The first-order chi connectivity index (χ1) is 26.7. The fourth-order valence-corrected chi connectivity index (χ4v) is 10.3. The SMILES string of the molecule is CN(CCCn1nnc2cc(CNC[C@H](O)c3ccc(O)c4[nH]c(=O)ccc34)c3c(c21)CCC3)C1CCC(OC(O)C(O)(c2cccs2)c2cccs2)CC1. The van der Waals surface area contributed by atoms with E-state index in [2.05, 4.69) is 43.3 Å². The van der Waals surface area contributed by atoms with Crippen LogP contribution in [-0.2, 0) is 36.3 Å². The molecule has 12 nitrogen and oxygen atoms in total. The third-order valence-corrected chi connectivity index (χ3v) is 13.5. The molecule has 55 heavy (non-hydrogen) atoms. The predicted molar refractivity (Wildman–Crippen MR) is 214 cm³/mol. The number of aliphatic hydroxyl groups is 3. The van der Waals surface area contributed by atoms with Gasteiger partial charge >= 0.3 is 0 Å². The lowest BCUT2D eigenvalue weighted by Crippen LogP contribution is -2.45. The Labute approximate surface area is 327 Å². The van der Waals surface area contributed by atoms with Crippen molar-refractivity contribution in [1.82, 2.24) is 30.2 Å². The number of hydrogen-bond acceptors (Lipinski definition) is 12. The van der Waals surface area contributed by atoms with E-state index in [4.69, 9.17) is 4.74 Å². The summed E-state index contributed by atoms with van der Waals surface area (Å²) in [4.78, 5) is 18.3. The van der Waals surface area contributed by atoms with Crippen LogP contribution in [0.25, 0.3) is 21.9 Å². The van der Waals surface area contributed by atoms with E-state index in [0.29, 0.717) is 45.4 Å². The monoisotopic (exact) mass is 784 g/mol. The van der Waals surface area contributed by atoms with E-state index >= 15 is 0 Å². The van der Waals surface area contributed by atoms with E-state index < -0.39 is 18.0 Å². The molecule has 0 bridgehead atoms. The molecule has 2 aliphatic rings. The number of aromatic nitrogens is 4. The van der Waals surface area contributed by atoms with Crippen LogP contribution in [0.4, 0.5) is 0 Å². The Kier molecular flexibility index (Phi) is 11.2. The topological polar surface area (TPSA) is 169 Å². The normalized spacial score (nSPS) is 18.7. The third kappa shape index (κ3) is 7.62. The number of aryl methyl sites for hydroxylation is 2. The summed E-state index contributed by atoms with van der Waals surface area (Å²) in [6.07, 6.45) is 5.28. The Morgan fingerprint density at radius 2 is 1.78 bits per heavy atom. The number of nitrogens with zero attached hydrogens (tertiary/aromatic N) is 4. The quantitative estimate of drug-likeness (QED) is 0.0751. The van der Waals surface area contributed by atoms with Gasteiger partial charge in [0.05, 0.1) is 23.2 Å². The molecule has 6 aromatic rings. The van der Waals surface area contributed by atoms with Gasteiger partial charge in [0.25, 0.3) is 0 Å². The van der Waals surface area contributed by atoms with Gasteiger partial charge in [-0.25, -0.2) is 4.68 Å². The molecule has 8 rings (SSSR count). The van der Waals surface area contributed by atoms with Crippen molar-refractivity contribution in [2.45, 2.75) is 94.6 Å². The minimum Gasteiger partial charge on any atom is -0.506 e. The van der Waals surface area contributed by atoms with Crippen molar-refractivity contribution in [1.29, 1.82) is 0 Å². The Balaban J connectivity index is 0.841. The number of rotatable bonds is 15. The van der Waals surface area contributed by atoms with E-state index in [1.54, 1.807) is 12.1 Å². The molecule has 2 atom stereocenters. The molecule has 1 saturated carbocycles. The zero-order chi connectivity index (χ0) is 38.1. The molecule has 0 saturated heterocycles. The van der Waals surface area contributed by atoms with Crippen LogP contribution in [0.15, 0.2) is 70.2 Å². The van der Waals surface area contributed by atoms with Gasteiger partial charge in [0.2, 0.25) is 5.56 Å². The number of nitrogens with one attached hydrogen (secondary N) is 2. The largest absolute Gasteiger partial charge is 0.506 e. The molecule has 4 aromatic heterocycles. The second kappa shape index (κ2) is 16.2. The van der Waals surface area contributed by atoms with Gasteiger partial charge in [-0.1, -0.05) is 23.4 Å². The van der Waals surface area contributed by atoms with Gasteiger partial charge in [0, 0.05) is 46.9 Å². The highest BCUT2D eigenvalue weighted by molar-refractivity contribution is 7.11. The number of benzene rings is 2. The number of H-pyrrole nitrogens is 1. The molecular formula is C41H48N6O6S2. The summed E-state index contributed by atoms with van der Waals surface area (Å²) in [5.41, 5.74) is 4.93. The summed E-state index contributed by atoms with van der Waals surface area (Å²) < 4.78 is 8.24. The summed E-state index contributed by atoms with van der Waals surface area (Å²) >= 11 is 2.83. The fraction of sp³-hybridized carbons (Fsp3) is 0.439. The highest BCUT2D eigenvalue weighted by Gasteiger charge is 2.44. The van der Waals surface area contributed by atoms with Crippen LogP contribution in [-0.4, -0.2) is 83.9 Å². The number of phenolic OH excluding ortho intramolecular Hbond substituents is 1. The fourth-order valence-electron chi connectivity index (χ4n) is 8.57. The van der Waals surface area contributed by atoms with Crippen molar-refractivity contribution in [2.75, 3.05) is 20.1 Å². The number of aliphatic hydroxyl groups excluding tert-OH is 2. The smallest absolute Gasteiger partial charge is 0.248 e. The molecule has 0 aliphatic heterocycles. The van der Waals surface area contributed by atoms with Crippen molar-refractivity contribution in [3.05, 3.63) is 108 Å². The average Bonchev–Trinajstić information content (AvgIpc) is 4.03. The minimum atomic E-state index is -1.58. The van der Waals surface area contributed by atoms with E-state index in [0.717, 1.165) is 75.5 Å². The van der Waals surface area contributed by atoms with Crippen LogP contribution in [0.1, 0.15) is 76.6 Å². The number of fused-ring (bicyclic) bond motifs is 4. The lowest BCUT2D eigenvalue weighted by molar-refractivity contribution is -0.225. The number of hydrogen-bond donors (Lipinski definition) is 6. The minimum absolute atomic E-state index is 0.0293. The van der Waals surface area contributed by atoms with Gasteiger partial charge in [-0.15, -0.1) is 27.8 Å². The highest BCUT2D eigenvalue weighted by atomic mass is 32.1. The molecule has 1 unspecified atom stereocenters. The third-order valence-electron chi connectivity index (χ3n) is 11.5. The Hall–Kier alpha value is -3.99. The zero-order valence-electron chi connectivity index (χ0n) is 30.9. The van der Waals surface area contributed by atoms with E-state index in [1.165, 1.54) is 51.5 Å². The second-order valence-corrected chi connectivity index (χ2v) is 16.8. The number of pyridine rings is 1. The predicted octanol–water partition coefficient (Wildman–Crippen LogP) is 5.32. The van der Waals surface area contributed by atoms with Crippen molar-refractivity contribution >= 4 is 44.6 Å². The molecular weight excluding hydrogens is 737 g/mol. The van der Waals surface area contributed by atoms with Crippen LogP contribution in [0.5, 0.6) is 5.75 Å². The first kappa shape index (κ1) is 37.9. The first-order valence-electron chi connectivity index (χ1n) is 19.1. The lowest BCUT2D eigenvalue weighted by atomic mass is 9.91. The van der Waals surface area contributed by atoms with Crippen LogP contribution in [0, 0.1) is 0 Å². The molecule has 6 N–H and O–H groups in total. The van der Waals surface area contributed by atoms with E-state index in [9.17, 15) is 25.2 Å². The van der Waals surface area contributed by atoms with Crippen molar-refractivity contribution in [3.8, 4) is 5.75 Å².